The molecule has 3 heteroatoms. The van der Waals surface area contributed by atoms with Crippen molar-refractivity contribution in [2.24, 2.45) is 11.8 Å². The maximum atomic E-state index is 11.7. The Balaban J connectivity index is 2.17. The highest BCUT2D eigenvalue weighted by atomic mass is 16.5. The molecule has 0 radical (unpaired) electrons. The lowest BCUT2D eigenvalue weighted by Gasteiger charge is -2.31. The van der Waals surface area contributed by atoms with Crippen LogP contribution in [0.15, 0.2) is 22.8 Å². The smallest absolute Gasteiger partial charge is 0.333 e. The molecule has 19 heavy (non-hydrogen) atoms. The minimum Gasteiger partial charge on any atom is -0.463 e. The lowest BCUT2D eigenvalue weighted by Crippen LogP contribution is -2.27. The monoisotopic (exact) mass is 264 g/mol. The van der Waals surface area contributed by atoms with Gasteiger partial charge in [0.2, 0.25) is 0 Å². The molecule has 0 amide bonds. The van der Waals surface area contributed by atoms with Crippen LogP contribution in [0.2, 0.25) is 0 Å². The Morgan fingerprint density at radius 2 is 2.16 bits per heavy atom. The molecule has 2 aliphatic rings. The van der Waals surface area contributed by atoms with Gasteiger partial charge in [0.25, 0.3) is 0 Å². The number of aliphatic hydroxyl groups excluding tert-OH is 1. The largest absolute Gasteiger partial charge is 0.463 e. The highest BCUT2D eigenvalue weighted by Gasteiger charge is 2.38. The lowest BCUT2D eigenvalue weighted by atomic mass is 9.75. The van der Waals surface area contributed by atoms with E-state index in [-0.39, 0.29) is 23.9 Å². The van der Waals surface area contributed by atoms with E-state index in [9.17, 15) is 9.90 Å². The van der Waals surface area contributed by atoms with Gasteiger partial charge >= 0.3 is 5.97 Å². The van der Waals surface area contributed by atoms with Crippen LogP contribution in [0.1, 0.15) is 46.5 Å². The van der Waals surface area contributed by atoms with Crippen LogP contribution < -0.4 is 0 Å². The van der Waals surface area contributed by atoms with E-state index < -0.39 is 0 Å². The van der Waals surface area contributed by atoms with Gasteiger partial charge in [0.1, 0.15) is 0 Å². The van der Waals surface area contributed by atoms with Crippen LogP contribution in [0, 0.1) is 11.8 Å². The average molecular weight is 264 g/mol. The zero-order valence-electron chi connectivity index (χ0n) is 12.1. The van der Waals surface area contributed by atoms with Crippen molar-refractivity contribution in [3.05, 3.63) is 22.8 Å². The standard InChI is InChI=1S/C16H24O3/c1-4-19-16(18)11(3)9-12-6-5-10(2)13-7-8-14(17)15(12)13/h9,12,14-15,17H,4-8H2,1-3H3/b11-9+/t12-,14-,15+/m0/s1. The Kier molecular flexibility index (Phi) is 4.46. The fraction of sp³-hybridized carbons (Fsp3) is 0.688. The molecule has 2 aliphatic carbocycles. The van der Waals surface area contributed by atoms with Crippen molar-refractivity contribution in [3.8, 4) is 0 Å². The second-order valence-corrected chi connectivity index (χ2v) is 5.71. The number of fused-ring (bicyclic) bond motifs is 1. The van der Waals surface area contributed by atoms with Gasteiger partial charge in [-0.15, -0.1) is 0 Å². The second-order valence-electron chi connectivity index (χ2n) is 5.71. The van der Waals surface area contributed by atoms with Crippen LogP contribution >= 0.6 is 0 Å². The van der Waals surface area contributed by atoms with Crippen LogP contribution in [0.4, 0.5) is 0 Å². The van der Waals surface area contributed by atoms with Gasteiger partial charge in [0, 0.05) is 11.5 Å². The maximum Gasteiger partial charge on any atom is 0.333 e. The quantitative estimate of drug-likeness (QED) is 0.484. The number of carbonyl (C=O) groups excluding carboxylic acids is 1. The number of hydrogen-bond donors (Lipinski definition) is 1. The van der Waals surface area contributed by atoms with E-state index in [1.165, 1.54) is 11.1 Å². The Labute approximate surface area is 115 Å². The summed E-state index contributed by atoms with van der Waals surface area (Å²) in [7, 11) is 0. The van der Waals surface area contributed by atoms with Crippen LogP contribution in [-0.2, 0) is 9.53 Å². The first-order valence-electron chi connectivity index (χ1n) is 7.26. The SMILES string of the molecule is CCOC(=O)/C(C)=C/[C@@H]1CCC(C)=C2CC[C@H](O)[C@@H]21. The first-order chi connectivity index (χ1) is 9.04. The molecule has 3 atom stereocenters. The fourth-order valence-corrected chi connectivity index (χ4v) is 3.47. The van der Waals surface area contributed by atoms with Crippen molar-refractivity contribution < 1.29 is 14.6 Å². The number of aliphatic hydroxyl groups is 1. The Bertz CT molecular complexity index is 420. The molecule has 0 saturated heterocycles. The summed E-state index contributed by atoms with van der Waals surface area (Å²) < 4.78 is 5.02. The van der Waals surface area contributed by atoms with Gasteiger partial charge in [-0.3, -0.25) is 0 Å². The topological polar surface area (TPSA) is 46.5 Å². The van der Waals surface area contributed by atoms with E-state index in [4.69, 9.17) is 4.74 Å². The van der Waals surface area contributed by atoms with E-state index in [1.54, 1.807) is 0 Å². The number of carbonyl (C=O) groups is 1. The van der Waals surface area contributed by atoms with Gasteiger partial charge in [0.05, 0.1) is 12.7 Å². The van der Waals surface area contributed by atoms with E-state index >= 15 is 0 Å². The molecule has 0 aromatic rings. The molecule has 0 aromatic heterocycles. The molecule has 1 saturated carbocycles. The number of allylic oxidation sites excluding steroid dienone is 2. The Morgan fingerprint density at radius 1 is 1.42 bits per heavy atom. The van der Waals surface area contributed by atoms with Crippen LogP contribution in [0.5, 0.6) is 0 Å². The third-order valence-electron chi connectivity index (χ3n) is 4.45. The van der Waals surface area contributed by atoms with Gasteiger partial charge in [-0.05, 0) is 52.4 Å². The normalized spacial score (nSPS) is 31.4. The van der Waals surface area contributed by atoms with Crippen molar-refractivity contribution >= 4 is 5.97 Å². The van der Waals surface area contributed by atoms with Crippen molar-refractivity contribution in [2.45, 2.75) is 52.6 Å². The molecule has 0 aliphatic heterocycles. The summed E-state index contributed by atoms with van der Waals surface area (Å²) in [6.07, 6.45) is 5.75. The van der Waals surface area contributed by atoms with Crippen LogP contribution in [-0.4, -0.2) is 23.8 Å². The molecule has 0 heterocycles. The van der Waals surface area contributed by atoms with Gasteiger partial charge in [0.15, 0.2) is 0 Å². The van der Waals surface area contributed by atoms with E-state index in [1.807, 2.05) is 19.9 Å². The number of ether oxygens (including phenoxy) is 1. The molecule has 106 valence electrons. The van der Waals surface area contributed by atoms with Gasteiger partial charge in [-0.1, -0.05) is 17.2 Å². The molecule has 3 nitrogen and oxygen atoms in total. The third kappa shape index (κ3) is 2.92. The lowest BCUT2D eigenvalue weighted by molar-refractivity contribution is -0.138. The Hall–Kier alpha value is -1.09. The molecular formula is C16H24O3. The van der Waals surface area contributed by atoms with E-state index in [2.05, 4.69) is 6.92 Å². The summed E-state index contributed by atoms with van der Waals surface area (Å²) in [5, 5.41) is 10.2. The molecule has 2 rings (SSSR count). The Morgan fingerprint density at radius 3 is 2.84 bits per heavy atom. The predicted molar refractivity (Wildman–Crippen MR) is 74.5 cm³/mol. The van der Waals surface area contributed by atoms with Crippen molar-refractivity contribution in [2.75, 3.05) is 6.61 Å². The minimum atomic E-state index is -0.249. The summed E-state index contributed by atoms with van der Waals surface area (Å²) >= 11 is 0. The zero-order chi connectivity index (χ0) is 14.0. The van der Waals surface area contributed by atoms with Crippen molar-refractivity contribution in [1.82, 2.24) is 0 Å². The van der Waals surface area contributed by atoms with E-state index in [0.717, 1.165) is 25.7 Å². The van der Waals surface area contributed by atoms with Gasteiger partial charge < -0.3 is 9.84 Å². The number of esters is 1. The molecular weight excluding hydrogens is 240 g/mol. The highest BCUT2D eigenvalue weighted by Crippen LogP contribution is 2.45. The van der Waals surface area contributed by atoms with Gasteiger partial charge in [-0.2, -0.15) is 0 Å². The number of hydrogen-bond acceptors (Lipinski definition) is 3. The van der Waals surface area contributed by atoms with Crippen LogP contribution in [0.3, 0.4) is 0 Å². The molecule has 1 N–H and O–H groups in total. The summed E-state index contributed by atoms with van der Waals surface area (Å²) in [4.78, 5) is 11.7. The zero-order valence-corrected chi connectivity index (χ0v) is 12.1. The van der Waals surface area contributed by atoms with E-state index in [0.29, 0.717) is 12.2 Å². The van der Waals surface area contributed by atoms with Crippen LogP contribution in [0.25, 0.3) is 0 Å². The fourth-order valence-electron chi connectivity index (χ4n) is 3.47. The first kappa shape index (κ1) is 14.3. The summed E-state index contributed by atoms with van der Waals surface area (Å²) in [5.74, 6) is 0.265. The van der Waals surface area contributed by atoms with Gasteiger partial charge in [-0.25, -0.2) is 4.79 Å². The van der Waals surface area contributed by atoms with Crippen molar-refractivity contribution in [3.63, 3.8) is 0 Å². The molecule has 0 bridgehead atoms. The summed E-state index contributed by atoms with van der Waals surface area (Å²) in [6.45, 7) is 6.21. The molecule has 0 spiro atoms. The molecule has 0 aromatic carbocycles. The highest BCUT2D eigenvalue weighted by molar-refractivity contribution is 5.87. The first-order valence-corrected chi connectivity index (χ1v) is 7.26. The second kappa shape index (κ2) is 5.91. The number of rotatable bonds is 3. The average Bonchev–Trinajstić information content (AvgIpc) is 2.76. The molecule has 1 fully saturated rings. The third-order valence-corrected chi connectivity index (χ3v) is 4.45. The maximum absolute atomic E-state index is 11.7. The summed E-state index contributed by atoms with van der Waals surface area (Å²) in [6, 6.07) is 0. The summed E-state index contributed by atoms with van der Waals surface area (Å²) in [5.41, 5.74) is 3.54. The minimum absolute atomic E-state index is 0.220. The molecule has 0 unspecified atom stereocenters. The van der Waals surface area contributed by atoms with Crippen molar-refractivity contribution in [1.29, 1.82) is 0 Å². The predicted octanol–water partition coefficient (Wildman–Crippen LogP) is 2.99.